The number of hydrogen-bond acceptors (Lipinski definition) is 5. The molecule has 0 aromatic heterocycles. The highest BCUT2D eigenvalue weighted by Gasteiger charge is 2.34. The van der Waals surface area contributed by atoms with Gasteiger partial charge in [-0.15, -0.1) is 0 Å². The summed E-state index contributed by atoms with van der Waals surface area (Å²) in [5, 5.41) is 5.28. The van der Waals surface area contributed by atoms with E-state index in [-0.39, 0.29) is 24.0 Å². The van der Waals surface area contributed by atoms with Crippen molar-refractivity contribution in [2.45, 2.75) is 38.6 Å². The predicted molar refractivity (Wildman–Crippen MR) is 91.0 cm³/mol. The van der Waals surface area contributed by atoms with E-state index >= 15 is 0 Å². The van der Waals surface area contributed by atoms with Gasteiger partial charge >= 0.3 is 5.97 Å². The molecule has 2 atom stereocenters. The fourth-order valence-corrected chi connectivity index (χ4v) is 3.00. The van der Waals surface area contributed by atoms with Crippen molar-refractivity contribution in [3.63, 3.8) is 0 Å². The number of Topliss-reactive ketones (excluding diaryl/α,β-unsaturated/α-hetero) is 1. The van der Waals surface area contributed by atoms with E-state index in [1.807, 2.05) is 0 Å². The van der Waals surface area contributed by atoms with Crippen molar-refractivity contribution >= 4 is 29.3 Å². The molecule has 1 saturated carbocycles. The van der Waals surface area contributed by atoms with E-state index < -0.39 is 17.9 Å². The maximum absolute atomic E-state index is 12.5. The average Bonchev–Trinajstić information content (AvgIpc) is 2.58. The molecule has 25 heavy (non-hydrogen) atoms. The Kier molecular flexibility index (Phi) is 6.27. The van der Waals surface area contributed by atoms with E-state index in [1.54, 1.807) is 18.2 Å². The molecule has 0 saturated heterocycles. The zero-order valence-corrected chi connectivity index (χ0v) is 14.3. The lowest BCUT2D eigenvalue weighted by Gasteiger charge is -2.28. The summed E-state index contributed by atoms with van der Waals surface area (Å²) in [4.78, 5) is 47.4. The molecule has 1 aliphatic rings. The van der Waals surface area contributed by atoms with Crippen molar-refractivity contribution in [3.05, 3.63) is 29.8 Å². The lowest BCUT2D eigenvalue weighted by molar-refractivity contribution is -0.145. The molecule has 1 aliphatic carbocycles. The van der Waals surface area contributed by atoms with Gasteiger partial charge in [-0.1, -0.05) is 6.07 Å². The topological polar surface area (TPSA) is 102 Å². The van der Waals surface area contributed by atoms with Crippen LogP contribution in [0.5, 0.6) is 0 Å². The summed E-state index contributed by atoms with van der Waals surface area (Å²) < 4.78 is 4.79. The summed E-state index contributed by atoms with van der Waals surface area (Å²) in [6.45, 7) is 1.38. The van der Waals surface area contributed by atoms with Crippen molar-refractivity contribution in [2.75, 3.05) is 12.4 Å². The largest absolute Gasteiger partial charge is 0.467 e. The fraction of sp³-hybridized carbons (Fsp3) is 0.444. The second-order valence-corrected chi connectivity index (χ2v) is 6.13. The van der Waals surface area contributed by atoms with Gasteiger partial charge in [0.05, 0.1) is 7.11 Å². The average molecular weight is 346 g/mol. The molecule has 0 aliphatic heterocycles. The van der Waals surface area contributed by atoms with Crippen LogP contribution < -0.4 is 10.6 Å². The number of ketones is 1. The van der Waals surface area contributed by atoms with Gasteiger partial charge in [-0.2, -0.15) is 0 Å². The van der Waals surface area contributed by atoms with Crippen molar-refractivity contribution in [1.29, 1.82) is 0 Å². The molecule has 7 nitrogen and oxygen atoms in total. The van der Waals surface area contributed by atoms with Crippen molar-refractivity contribution in [2.24, 2.45) is 5.92 Å². The Labute approximate surface area is 146 Å². The van der Waals surface area contributed by atoms with Crippen LogP contribution in [0.1, 0.15) is 43.0 Å². The number of nitrogens with one attached hydrogen (secondary N) is 2. The molecule has 1 aromatic rings. The summed E-state index contributed by atoms with van der Waals surface area (Å²) in [7, 11) is 1.25. The lowest BCUT2D eigenvalue weighted by Crippen LogP contribution is -2.48. The number of carbonyl (C=O) groups is 4. The first-order valence-electron chi connectivity index (χ1n) is 8.18. The van der Waals surface area contributed by atoms with Crippen molar-refractivity contribution < 1.29 is 23.9 Å². The van der Waals surface area contributed by atoms with E-state index in [1.165, 1.54) is 20.1 Å². The second kappa shape index (κ2) is 8.41. The van der Waals surface area contributed by atoms with Crippen LogP contribution in [0, 0.1) is 5.92 Å². The van der Waals surface area contributed by atoms with Gasteiger partial charge < -0.3 is 15.4 Å². The van der Waals surface area contributed by atoms with Gasteiger partial charge in [-0.25, -0.2) is 4.79 Å². The Hall–Kier alpha value is -2.70. The van der Waals surface area contributed by atoms with Gasteiger partial charge in [0.1, 0.15) is 11.8 Å². The van der Waals surface area contributed by atoms with E-state index in [4.69, 9.17) is 4.74 Å². The highest BCUT2D eigenvalue weighted by Crippen LogP contribution is 2.25. The standard InChI is InChI=1S/C18H22N2O5/c1-11(21)19-14-7-3-6-13(9-14)17(23)20-16(18(24)25-2)12-5-4-8-15(22)10-12/h3,6-7,9,12,16H,4-5,8,10H2,1-2H3,(H,19,21)(H,20,23)/t12-,16-/m1/s1. The maximum atomic E-state index is 12.5. The summed E-state index contributed by atoms with van der Waals surface area (Å²) in [6, 6.07) is 5.54. The molecule has 0 unspecified atom stereocenters. The Morgan fingerprint density at radius 1 is 1.28 bits per heavy atom. The minimum absolute atomic E-state index is 0.0899. The smallest absolute Gasteiger partial charge is 0.328 e. The predicted octanol–water partition coefficient (Wildman–Crippen LogP) is 1.68. The summed E-state index contributed by atoms with van der Waals surface area (Å²) >= 11 is 0. The monoisotopic (exact) mass is 346 g/mol. The summed E-state index contributed by atoms with van der Waals surface area (Å²) in [5.74, 6) is -1.44. The maximum Gasteiger partial charge on any atom is 0.328 e. The molecule has 1 fully saturated rings. The van der Waals surface area contributed by atoms with E-state index in [0.717, 1.165) is 0 Å². The third kappa shape index (κ3) is 5.14. The first-order valence-corrected chi connectivity index (χ1v) is 8.18. The molecule has 7 heteroatoms. The van der Waals surface area contributed by atoms with Gasteiger partial charge in [-0.3, -0.25) is 14.4 Å². The van der Waals surface area contributed by atoms with Crippen molar-refractivity contribution in [1.82, 2.24) is 5.32 Å². The Balaban J connectivity index is 2.15. The van der Waals surface area contributed by atoms with E-state index in [9.17, 15) is 19.2 Å². The molecule has 0 radical (unpaired) electrons. The Morgan fingerprint density at radius 3 is 2.68 bits per heavy atom. The molecule has 0 heterocycles. The first kappa shape index (κ1) is 18.6. The molecule has 134 valence electrons. The Bertz CT molecular complexity index is 686. The first-order chi connectivity index (χ1) is 11.9. The molecule has 1 aromatic carbocycles. The minimum Gasteiger partial charge on any atom is -0.467 e. The third-order valence-corrected chi connectivity index (χ3v) is 4.18. The number of methoxy groups -OCH3 is 1. The van der Waals surface area contributed by atoms with Gasteiger partial charge in [-0.05, 0) is 37.0 Å². The number of benzene rings is 1. The highest BCUT2D eigenvalue weighted by molar-refractivity contribution is 5.99. The van der Waals surface area contributed by atoms with Gasteiger partial charge in [0.15, 0.2) is 0 Å². The number of carbonyl (C=O) groups excluding carboxylic acids is 4. The lowest BCUT2D eigenvalue weighted by atomic mass is 9.83. The molecule has 0 spiro atoms. The van der Waals surface area contributed by atoms with Gasteiger partial charge in [0.2, 0.25) is 5.91 Å². The zero-order chi connectivity index (χ0) is 18.4. The van der Waals surface area contributed by atoms with Gasteiger partial charge in [0, 0.05) is 31.0 Å². The number of amides is 2. The number of hydrogen-bond donors (Lipinski definition) is 2. The van der Waals surface area contributed by atoms with Crippen LogP contribution in [0.2, 0.25) is 0 Å². The molecular formula is C18H22N2O5. The van der Waals surface area contributed by atoms with E-state index in [0.29, 0.717) is 30.5 Å². The van der Waals surface area contributed by atoms with Crippen LogP contribution in [0.3, 0.4) is 0 Å². The van der Waals surface area contributed by atoms with Gasteiger partial charge in [0.25, 0.3) is 5.91 Å². The normalized spacial score (nSPS) is 18.2. The zero-order valence-electron chi connectivity index (χ0n) is 14.3. The highest BCUT2D eigenvalue weighted by atomic mass is 16.5. The SMILES string of the molecule is COC(=O)[C@H](NC(=O)c1cccc(NC(C)=O)c1)[C@@H]1CCCC(=O)C1. The number of anilines is 1. The summed E-state index contributed by atoms with van der Waals surface area (Å²) in [6.07, 6.45) is 2.14. The van der Waals surface area contributed by atoms with Crippen LogP contribution in [0.4, 0.5) is 5.69 Å². The number of ether oxygens (including phenoxy) is 1. The number of esters is 1. The fourth-order valence-electron chi connectivity index (χ4n) is 3.00. The molecule has 2 N–H and O–H groups in total. The molecule has 0 bridgehead atoms. The van der Waals surface area contributed by atoms with E-state index in [2.05, 4.69) is 10.6 Å². The second-order valence-electron chi connectivity index (χ2n) is 6.13. The van der Waals surface area contributed by atoms with Crippen LogP contribution in [0.25, 0.3) is 0 Å². The summed E-state index contributed by atoms with van der Waals surface area (Å²) in [5.41, 5.74) is 0.796. The van der Waals surface area contributed by atoms with Crippen LogP contribution in [-0.4, -0.2) is 36.7 Å². The third-order valence-electron chi connectivity index (χ3n) is 4.18. The van der Waals surface area contributed by atoms with Crippen molar-refractivity contribution in [3.8, 4) is 0 Å². The number of rotatable bonds is 5. The Morgan fingerprint density at radius 2 is 2.04 bits per heavy atom. The quantitative estimate of drug-likeness (QED) is 0.790. The van der Waals surface area contributed by atoms with Crippen LogP contribution in [-0.2, 0) is 19.1 Å². The van der Waals surface area contributed by atoms with Crippen LogP contribution >= 0.6 is 0 Å². The molecule has 2 amide bonds. The molecular weight excluding hydrogens is 324 g/mol. The minimum atomic E-state index is -0.869. The van der Waals surface area contributed by atoms with Crippen LogP contribution in [0.15, 0.2) is 24.3 Å². The molecule has 2 rings (SSSR count).